The minimum absolute atomic E-state index is 0.00358. The van der Waals surface area contributed by atoms with Gasteiger partial charge in [-0.2, -0.15) is 5.26 Å². The Hall–Kier alpha value is -2.60. The van der Waals surface area contributed by atoms with Crippen LogP contribution in [0.1, 0.15) is 22.8 Å². The highest BCUT2D eigenvalue weighted by Gasteiger charge is 2.06. The van der Waals surface area contributed by atoms with Gasteiger partial charge in [0.15, 0.2) is 5.78 Å². The smallest absolute Gasteiger partial charge is 0.159 e. The zero-order chi connectivity index (χ0) is 13.1. The fraction of sp³-hybridized carbons (Fsp3) is 0.0667. The normalized spacial score (nSPS) is 9.78. The summed E-state index contributed by atoms with van der Waals surface area (Å²) in [6.45, 7) is 1.51. The third-order valence-corrected chi connectivity index (χ3v) is 2.72. The lowest BCUT2D eigenvalue weighted by molar-refractivity contribution is 0.101. The number of hydrogen-bond acceptors (Lipinski definition) is 3. The lowest BCUT2D eigenvalue weighted by atomic mass is 10.00. The maximum Gasteiger partial charge on any atom is 0.159 e. The number of nitriles is 1. The van der Waals surface area contributed by atoms with Gasteiger partial charge in [-0.25, -0.2) is 0 Å². The second kappa shape index (κ2) is 4.72. The number of hydrogen-bond donors (Lipinski definition) is 1. The van der Waals surface area contributed by atoms with Crippen molar-refractivity contribution in [2.75, 3.05) is 0 Å². The van der Waals surface area contributed by atoms with Gasteiger partial charge in [-0.05, 0) is 36.2 Å². The summed E-state index contributed by atoms with van der Waals surface area (Å²) < 4.78 is 0. The summed E-state index contributed by atoms with van der Waals surface area (Å²) >= 11 is 0. The fourth-order valence-corrected chi connectivity index (χ4v) is 1.72. The van der Waals surface area contributed by atoms with Crippen molar-refractivity contribution in [2.45, 2.75) is 6.92 Å². The molecule has 0 fully saturated rings. The van der Waals surface area contributed by atoms with E-state index in [2.05, 4.69) is 0 Å². The molecule has 0 spiro atoms. The van der Waals surface area contributed by atoms with E-state index < -0.39 is 0 Å². The van der Waals surface area contributed by atoms with Gasteiger partial charge < -0.3 is 5.11 Å². The topological polar surface area (TPSA) is 61.1 Å². The molecule has 0 atom stereocenters. The number of ketones is 1. The van der Waals surface area contributed by atoms with Crippen molar-refractivity contribution < 1.29 is 9.90 Å². The van der Waals surface area contributed by atoms with E-state index in [1.165, 1.54) is 13.0 Å². The summed E-state index contributed by atoms with van der Waals surface area (Å²) in [5.41, 5.74) is 2.49. The van der Waals surface area contributed by atoms with E-state index in [0.29, 0.717) is 5.56 Å². The molecule has 3 nitrogen and oxygen atoms in total. The first-order chi connectivity index (χ1) is 8.61. The van der Waals surface area contributed by atoms with E-state index in [4.69, 9.17) is 5.26 Å². The van der Waals surface area contributed by atoms with Crippen LogP contribution >= 0.6 is 0 Å². The summed E-state index contributed by atoms with van der Waals surface area (Å²) in [7, 11) is 0. The maximum absolute atomic E-state index is 11.3. The first-order valence-electron chi connectivity index (χ1n) is 5.46. The van der Waals surface area contributed by atoms with Crippen LogP contribution in [-0.2, 0) is 0 Å². The summed E-state index contributed by atoms with van der Waals surface area (Å²) in [5.74, 6) is -0.0416. The quantitative estimate of drug-likeness (QED) is 0.816. The van der Waals surface area contributed by atoms with Gasteiger partial charge in [-0.15, -0.1) is 0 Å². The van der Waals surface area contributed by atoms with Crippen LogP contribution in [0.3, 0.4) is 0 Å². The van der Waals surface area contributed by atoms with Gasteiger partial charge in [0.1, 0.15) is 11.8 Å². The summed E-state index contributed by atoms with van der Waals surface area (Å²) in [6.07, 6.45) is 0. The second-order valence-corrected chi connectivity index (χ2v) is 3.98. The van der Waals surface area contributed by atoms with Crippen molar-refractivity contribution >= 4 is 5.78 Å². The third-order valence-electron chi connectivity index (χ3n) is 2.72. The minimum Gasteiger partial charge on any atom is -0.507 e. The van der Waals surface area contributed by atoms with Gasteiger partial charge in [0, 0.05) is 5.56 Å². The molecule has 3 heteroatoms. The van der Waals surface area contributed by atoms with Crippen LogP contribution in [0.2, 0.25) is 0 Å². The van der Waals surface area contributed by atoms with Crippen LogP contribution in [0.4, 0.5) is 0 Å². The van der Waals surface area contributed by atoms with E-state index in [1.54, 1.807) is 30.3 Å². The van der Waals surface area contributed by atoms with E-state index in [-0.39, 0.29) is 17.1 Å². The van der Waals surface area contributed by atoms with Gasteiger partial charge in [0.25, 0.3) is 0 Å². The van der Waals surface area contributed by atoms with E-state index in [0.717, 1.165) is 11.1 Å². The first kappa shape index (κ1) is 11.9. The van der Waals surface area contributed by atoms with Gasteiger partial charge in [-0.3, -0.25) is 4.79 Å². The summed E-state index contributed by atoms with van der Waals surface area (Å²) in [5, 5.41) is 18.3. The molecule has 0 aliphatic carbocycles. The summed E-state index contributed by atoms with van der Waals surface area (Å²) in [4.78, 5) is 11.3. The molecule has 0 saturated heterocycles. The molecule has 0 unspecified atom stereocenters. The molecule has 0 aliphatic rings. The standard InChI is InChI=1S/C15H11NO2/c1-10(17)11-3-2-4-12(7-11)13-5-6-15(18)14(8-13)9-16/h2-8,18H,1H3. The lowest BCUT2D eigenvalue weighted by Crippen LogP contribution is -1.91. The van der Waals surface area contributed by atoms with Crippen molar-refractivity contribution in [3.8, 4) is 22.9 Å². The molecular formula is C15H11NO2. The third kappa shape index (κ3) is 2.23. The molecule has 18 heavy (non-hydrogen) atoms. The monoisotopic (exact) mass is 237 g/mol. The number of benzene rings is 2. The Morgan fingerprint density at radius 2 is 1.89 bits per heavy atom. The van der Waals surface area contributed by atoms with Gasteiger partial charge in [0.2, 0.25) is 0 Å². The molecule has 2 aromatic carbocycles. The van der Waals surface area contributed by atoms with Gasteiger partial charge in [0.05, 0.1) is 5.56 Å². The van der Waals surface area contributed by atoms with Crippen molar-refractivity contribution in [1.29, 1.82) is 5.26 Å². The molecule has 0 heterocycles. The molecule has 88 valence electrons. The number of Topliss-reactive ketones (excluding diaryl/α,β-unsaturated/α-hetero) is 1. The molecule has 2 rings (SSSR count). The van der Waals surface area contributed by atoms with E-state index in [1.807, 2.05) is 12.1 Å². The predicted octanol–water partition coefficient (Wildman–Crippen LogP) is 3.13. The van der Waals surface area contributed by atoms with Crippen LogP contribution in [0.25, 0.3) is 11.1 Å². The molecule has 0 amide bonds. The van der Waals surface area contributed by atoms with E-state index in [9.17, 15) is 9.90 Å². The molecule has 2 aromatic rings. The Labute approximate surface area is 105 Å². The van der Waals surface area contributed by atoms with Crippen LogP contribution in [-0.4, -0.2) is 10.9 Å². The van der Waals surface area contributed by atoms with Crippen molar-refractivity contribution in [3.63, 3.8) is 0 Å². The van der Waals surface area contributed by atoms with Crippen molar-refractivity contribution in [1.82, 2.24) is 0 Å². The Morgan fingerprint density at radius 3 is 2.56 bits per heavy atom. The van der Waals surface area contributed by atoms with Crippen molar-refractivity contribution in [2.24, 2.45) is 0 Å². The molecule has 0 radical (unpaired) electrons. The Morgan fingerprint density at radius 1 is 1.17 bits per heavy atom. The molecule has 1 N–H and O–H groups in total. The minimum atomic E-state index is -0.0380. The predicted molar refractivity (Wildman–Crippen MR) is 68.3 cm³/mol. The Kier molecular flexibility index (Phi) is 3.11. The average molecular weight is 237 g/mol. The van der Waals surface area contributed by atoms with E-state index >= 15 is 0 Å². The largest absolute Gasteiger partial charge is 0.507 e. The first-order valence-corrected chi connectivity index (χ1v) is 5.46. The number of rotatable bonds is 2. The molecule has 0 aromatic heterocycles. The highest BCUT2D eigenvalue weighted by atomic mass is 16.3. The van der Waals surface area contributed by atoms with Crippen LogP contribution in [0, 0.1) is 11.3 Å². The average Bonchev–Trinajstić information content (AvgIpc) is 2.39. The van der Waals surface area contributed by atoms with Crippen LogP contribution < -0.4 is 0 Å². The second-order valence-electron chi connectivity index (χ2n) is 3.98. The highest BCUT2D eigenvalue weighted by molar-refractivity contribution is 5.95. The zero-order valence-corrected chi connectivity index (χ0v) is 9.84. The summed E-state index contributed by atoms with van der Waals surface area (Å²) in [6, 6.07) is 13.9. The van der Waals surface area contributed by atoms with Gasteiger partial charge in [-0.1, -0.05) is 24.3 Å². The number of carbonyl (C=O) groups is 1. The Bertz CT molecular complexity index is 654. The van der Waals surface area contributed by atoms with Gasteiger partial charge >= 0.3 is 0 Å². The molecule has 0 aliphatic heterocycles. The SMILES string of the molecule is CC(=O)c1cccc(-c2ccc(O)c(C#N)c2)c1. The van der Waals surface area contributed by atoms with Crippen LogP contribution in [0.5, 0.6) is 5.75 Å². The number of phenols is 1. The number of nitrogens with zero attached hydrogens (tertiary/aromatic N) is 1. The van der Waals surface area contributed by atoms with Crippen LogP contribution in [0.15, 0.2) is 42.5 Å². The molecule has 0 saturated carbocycles. The number of phenolic OH excluding ortho intramolecular Hbond substituents is 1. The maximum atomic E-state index is 11.3. The highest BCUT2D eigenvalue weighted by Crippen LogP contribution is 2.26. The van der Waals surface area contributed by atoms with Crippen molar-refractivity contribution in [3.05, 3.63) is 53.6 Å². The molecule has 0 bridgehead atoms. The zero-order valence-electron chi connectivity index (χ0n) is 9.84. The molecular weight excluding hydrogens is 226 g/mol. The number of carbonyl (C=O) groups excluding carboxylic acids is 1. The Balaban J connectivity index is 2.52. The lowest BCUT2D eigenvalue weighted by Gasteiger charge is -2.05. The number of aromatic hydroxyl groups is 1. The fourth-order valence-electron chi connectivity index (χ4n) is 1.72.